The molecule has 0 aliphatic heterocycles. The third kappa shape index (κ3) is 4.79. The van der Waals surface area contributed by atoms with Crippen molar-refractivity contribution in [3.8, 4) is 0 Å². The summed E-state index contributed by atoms with van der Waals surface area (Å²) in [5.41, 5.74) is 8.22. The minimum atomic E-state index is 0.630. The molecule has 0 aliphatic rings. The zero-order valence-corrected chi connectivity index (χ0v) is 12.2. The zero-order valence-electron chi connectivity index (χ0n) is 12.2. The van der Waals surface area contributed by atoms with E-state index >= 15 is 0 Å². The van der Waals surface area contributed by atoms with Crippen molar-refractivity contribution in [2.24, 2.45) is 11.7 Å². The van der Waals surface area contributed by atoms with Gasteiger partial charge in [-0.15, -0.1) is 0 Å². The van der Waals surface area contributed by atoms with Gasteiger partial charge in [-0.25, -0.2) is 0 Å². The minimum Gasteiger partial charge on any atom is -0.326 e. The van der Waals surface area contributed by atoms with Crippen LogP contribution in [0.25, 0.3) is 0 Å². The molecule has 0 saturated carbocycles. The van der Waals surface area contributed by atoms with Crippen LogP contribution in [0, 0.1) is 5.92 Å². The second kappa shape index (κ2) is 8.28. The highest BCUT2D eigenvalue weighted by molar-refractivity contribution is 5.22. The smallest absolute Gasteiger partial charge is 0.0233 e. The predicted molar refractivity (Wildman–Crippen MR) is 79.4 cm³/mol. The summed E-state index contributed by atoms with van der Waals surface area (Å²) in [5.74, 6) is 0.827. The van der Waals surface area contributed by atoms with E-state index in [4.69, 9.17) is 5.73 Å². The number of rotatable bonds is 8. The van der Waals surface area contributed by atoms with Crippen LogP contribution in [0.2, 0.25) is 0 Å². The molecule has 2 nitrogen and oxygen atoms in total. The second-order valence-corrected chi connectivity index (χ2v) is 5.03. The molecule has 0 bridgehead atoms. The highest BCUT2D eigenvalue weighted by Gasteiger charge is 2.10. The van der Waals surface area contributed by atoms with E-state index in [-0.39, 0.29) is 0 Å². The summed E-state index contributed by atoms with van der Waals surface area (Å²) in [4.78, 5) is 2.54. The summed E-state index contributed by atoms with van der Waals surface area (Å²) in [6, 6.07) is 8.69. The van der Waals surface area contributed by atoms with Crippen LogP contribution in [-0.4, -0.2) is 18.0 Å². The molecule has 0 unspecified atom stereocenters. The molecule has 0 aromatic heterocycles. The van der Waals surface area contributed by atoms with Gasteiger partial charge in [0.15, 0.2) is 0 Å². The molecule has 0 amide bonds. The van der Waals surface area contributed by atoms with Crippen LogP contribution in [0.3, 0.4) is 0 Å². The molecule has 1 aromatic carbocycles. The van der Waals surface area contributed by atoms with Gasteiger partial charge < -0.3 is 5.73 Å². The lowest BCUT2D eigenvalue weighted by Gasteiger charge is -2.25. The van der Waals surface area contributed by atoms with Gasteiger partial charge >= 0.3 is 0 Å². The van der Waals surface area contributed by atoms with Crippen molar-refractivity contribution in [2.75, 3.05) is 13.1 Å². The summed E-state index contributed by atoms with van der Waals surface area (Å²) < 4.78 is 0. The number of hydrogen-bond acceptors (Lipinski definition) is 2. The lowest BCUT2D eigenvalue weighted by atomic mass is 10.0. The van der Waals surface area contributed by atoms with Gasteiger partial charge in [0, 0.05) is 19.6 Å². The Morgan fingerprint density at radius 2 is 1.56 bits per heavy atom. The quantitative estimate of drug-likeness (QED) is 0.764. The van der Waals surface area contributed by atoms with Crippen molar-refractivity contribution in [3.63, 3.8) is 0 Å². The molecule has 1 rings (SSSR count). The van der Waals surface area contributed by atoms with Gasteiger partial charge in [0.1, 0.15) is 0 Å². The first-order chi connectivity index (χ1) is 8.73. The van der Waals surface area contributed by atoms with E-state index in [1.807, 2.05) is 0 Å². The molecular weight excluding hydrogens is 220 g/mol. The molecule has 0 fully saturated rings. The Balaban J connectivity index is 2.55. The molecule has 18 heavy (non-hydrogen) atoms. The van der Waals surface area contributed by atoms with Crippen molar-refractivity contribution in [3.05, 3.63) is 35.4 Å². The Labute approximate surface area is 112 Å². The van der Waals surface area contributed by atoms with Gasteiger partial charge in [0.05, 0.1) is 0 Å². The molecule has 0 heterocycles. The van der Waals surface area contributed by atoms with Crippen LogP contribution in [0.15, 0.2) is 24.3 Å². The van der Waals surface area contributed by atoms with Crippen molar-refractivity contribution in [1.82, 2.24) is 4.90 Å². The molecule has 0 aliphatic carbocycles. The molecule has 1 aromatic rings. The maximum Gasteiger partial charge on any atom is 0.0233 e. The third-order valence-electron chi connectivity index (χ3n) is 3.78. The Bertz CT molecular complexity index is 314. The zero-order chi connectivity index (χ0) is 13.4. The van der Waals surface area contributed by atoms with Crippen molar-refractivity contribution >= 4 is 0 Å². The fourth-order valence-electron chi connectivity index (χ4n) is 2.26. The monoisotopic (exact) mass is 248 g/mol. The summed E-state index contributed by atoms with van der Waals surface area (Å²) in [6.07, 6.45) is 2.55. The van der Waals surface area contributed by atoms with Crippen LogP contribution >= 0.6 is 0 Å². The first-order valence-corrected chi connectivity index (χ1v) is 7.23. The number of nitrogens with two attached hydrogens (primary N) is 1. The maximum atomic E-state index is 5.62. The summed E-state index contributed by atoms with van der Waals surface area (Å²) in [6.45, 7) is 10.8. The normalized spacial score (nSPS) is 11.4. The predicted octanol–water partition coefficient (Wildman–Crippen LogP) is 3.40. The minimum absolute atomic E-state index is 0.630. The highest BCUT2D eigenvalue weighted by Crippen LogP contribution is 2.13. The average molecular weight is 248 g/mol. The molecule has 0 atom stereocenters. The van der Waals surface area contributed by atoms with Crippen molar-refractivity contribution in [1.29, 1.82) is 0 Å². The first kappa shape index (κ1) is 15.2. The standard InChI is InChI=1S/C16H28N2/c1-4-14(5-2)12-18(6-3)13-16-9-7-15(11-17)8-10-16/h7-10,14H,4-6,11-13,17H2,1-3H3. The van der Waals surface area contributed by atoms with Crippen molar-refractivity contribution in [2.45, 2.75) is 46.7 Å². The Morgan fingerprint density at radius 1 is 1.00 bits per heavy atom. The third-order valence-corrected chi connectivity index (χ3v) is 3.78. The van der Waals surface area contributed by atoms with Crippen LogP contribution in [0.5, 0.6) is 0 Å². The lowest BCUT2D eigenvalue weighted by Crippen LogP contribution is -2.28. The van der Waals surface area contributed by atoms with E-state index in [0.717, 1.165) is 19.0 Å². The molecular formula is C16H28N2. The highest BCUT2D eigenvalue weighted by atomic mass is 15.1. The number of nitrogens with zero attached hydrogens (tertiary/aromatic N) is 1. The molecule has 0 radical (unpaired) electrons. The van der Waals surface area contributed by atoms with E-state index in [9.17, 15) is 0 Å². The van der Waals surface area contributed by atoms with Crippen molar-refractivity contribution < 1.29 is 0 Å². The molecule has 2 N–H and O–H groups in total. The number of benzene rings is 1. The number of hydrogen-bond donors (Lipinski definition) is 1. The van der Waals surface area contributed by atoms with E-state index < -0.39 is 0 Å². The summed E-state index contributed by atoms with van der Waals surface area (Å²) in [7, 11) is 0. The van der Waals surface area contributed by atoms with Crippen LogP contribution in [0.4, 0.5) is 0 Å². The van der Waals surface area contributed by atoms with Gasteiger partial charge in [0.25, 0.3) is 0 Å². The van der Waals surface area contributed by atoms with E-state index in [0.29, 0.717) is 6.54 Å². The van der Waals surface area contributed by atoms with Gasteiger partial charge in [-0.3, -0.25) is 4.90 Å². The Hall–Kier alpha value is -0.860. The van der Waals surface area contributed by atoms with Gasteiger partial charge in [-0.1, -0.05) is 57.9 Å². The summed E-state index contributed by atoms with van der Waals surface area (Å²) in [5, 5.41) is 0. The Morgan fingerprint density at radius 3 is 2.00 bits per heavy atom. The van der Waals surface area contributed by atoms with E-state index in [1.54, 1.807) is 0 Å². The fraction of sp³-hybridized carbons (Fsp3) is 0.625. The maximum absolute atomic E-state index is 5.62. The van der Waals surface area contributed by atoms with E-state index in [1.165, 1.54) is 30.5 Å². The van der Waals surface area contributed by atoms with E-state index in [2.05, 4.69) is 49.9 Å². The Kier molecular flexibility index (Phi) is 6.99. The fourth-order valence-corrected chi connectivity index (χ4v) is 2.26. The van der Waals surface area contributed by atoms with Gasteiger partial charge in [0.2, 0.25) is 0 Å². The summed E-state index contributed by atoms with van der Waals surface area (Å²) >= 11 is 0. The molecule has 0 spiro atoms. The van der Waals surface area contributed by atoms with Crippen LogP contribution < -0.4 is 5.73 Å². The average Bonchev–Trinajstić information content (AvgIpc) is 2.44. The van der Waals surface area contributed by atoms with Crippen LogP contribution in [0.1, 0.15) is 44.7 Å². The first-order valence-electron chi connectivity index (χ1n) is 7.23. The molecule has 0 saturated heterocycles. The second-order valence-electron chi connectivity index (χ2n) is 5.03. The molecule has 102 valence electrons. The topological polar surface area (TPSA) is 29.3 Å². The van der Waals surface area contributed by atoms with Crippen LogP contribution in [-0.2, 0) is 13.1 Å². The SMILES string of the molecule is CCC(CC)CN(CC)Cc1ccc(CN)cc1. The van der Waals surface area contributed by atoms with Gasteiger partial charge in [-0.05, 0) is 23.6 Å². The lowest BCUT2D eigenvalue weighted by molar-refractivity contribution is 0.226. The largest absolute Gasteiger partial charge is 0.326 e. The molecule has 2 heteroatoms. The van der Waals surface area contributed by atoms with Gasteiger partial charge in [-0.2, -0.15) is 0 Å².